The molecule has 0 aliphatic carbocycles. The lowest BCUT2D eigenvalue weighted by molar-refractivity contribution is 1.17. The Labute approximate surface area is 93.6 Å². The molecule has 2 heterocycles. The van der Waals surface area contributed by atoms with Crippen molar-refractivity contribution in [1.82, 2.24) is 15.0 Å². The predicted octanol–water partition coefficient (Wildman–Crippen LogP) is 2.33. The van der Waals surface area contributed by atoms with E-state index in [0.29, 0.717) is 11.5 Å². The van der Waals surface area contributed by atoms with Crippen LogP contribution in [0.4, 0.5) is 5.82 Å². The first kappa shape index (κ1) is 9.61. The number of anilines is 1. The molecular weight excluding hydrogens is 267 g/mol. The minimum atomic E-state index is 0.172. The molecule has 0 fully saturated rings. The van der Waals surface area contributed by atoms with E-state index in [-0.39, 0.29) is 5.28 Å². The number of nitrogens with two attached hydrogens (primary N) is 1. The summed E-state index contributed by atoms with van der Waals surface area (Å²) in [5, 5.41) is 1.02. The van der Waals surface area contributed by atoms with Gasteiger partial charge in [0.15, 0.2) is 5.65 Å². The van der Waals surface area contributed by atoms with Gasteiger partial charge in [-0.25, -0.2) is 9.97 Å². The van der Waals surface area contributed by atoms with Gasteiger partial charge in [-0.2, -0.15) is 4.98 Å². The molecule has 14 heavy (non-hydrogen) atoms. The van der Waals surface area contributed by atoms with E-state index in [9.17, 15) is 0 Å². The third-order valence-corrected chi connectivity index (χ3v) is 3.11. The summed E-state index contributed by atoms with van der Waals surface area (Å²) < 4.78 is 0.774. The smallest absolute Gasteiger partial charge is 0.224 e. The van der Waals surface area contributed by atoms with Crippen LogP contribution < -0.4 is 5.73 Å². The maximum Gasteiger partial charge on any atom is 0.224 e. The fourth-order valence-electron chi connectivity index (χ4n) is 1.18. The molecule has 0 aliphatic heterocycles. The Morgan fingerprint density at radius 2 is 2.14 bits per heavy atom. The van der Waals surface area contributed by atoms with E-state index >= 15 is 0 Å². The van der Waals surface area contributed by atoms with Gasteiger partial charge in [0.1, 0.15) is 5.82 Å². The minimum absolute atomic E-state index is 0.172. The highest BCUT2D eigenvalue weighted by molar-refractivity contribution is 9.10. The number of nitrogen functional groups attached to an aromatic ring is 1. The van der Waals surface area contributed by atoms with E-state index in [4.69, 9.17) is 17.3 Å². The number of halogens is 2. The Hall–Kier alpha value is -0.940. The van der Waals surface area contributed by atoms with Crippen molar-refractivity contribution in [2.45, 2.75) is 6.92 Å². The molecule has 0 aliphatic rings. The van der Waals surface area contributed by atoms with Gasteiger partial charge in [0, 0.05) is 11.6 Å². The molecule has 0 saturated heterocycles. The van der Waals surface area contributed by atoms with Crippen LogP contribution in [0.5, 0.6) is 0 Å². The summed E-state index contributed by atoms with van der Waals surface area (Å²) >= 11 is 8.99. The first-order valence-electron chi connectivity index (χ1n) is 3.83. The van der Waals surface area contributed by atoms with Gasteiger partial charge in [-0.15, -0.1) is 0 Å². The van der Waals surface area contributed by atoms with Gasteiger partial charge < -0.3 is 5.73 Å². The highest BCUT2D eigenvalue weighted by Crippen LogP contribution is 2.27. The predicted molar refractivity (Wildman–Crippen MR) is 59.2 cm³/mol. The summed E-state index contributed by atoms with van der Waals surface area (Å²) in [5.74, 6) is 0.407. The monoisotopic (exact) mass is 272 g/mol. The molecule has 4 nitrogen and oxygen atoms in total. The standard InChI is InChI=1S/C8H6BrClN4/c1-3-4-2-12-8(10)14-7(4)13-6(11)5(3)9/h2H,1H3,(H2,11,12,13,14). The lowest BCUT2D eigenvalue weighted by atomic mass is 10.2. The molecule has 0 aromatic carbocycles. The van der Waals surface area contributed by atoms with Gasteiger partial charge >= 0.3 is 0 Å². The average molecular weight is 274 g/mol. The number of pyridine rings is 1. The van der Waals surface area contributed by atoms with E-state index in [1.165, 1.54) is 0 Å². The molecule has 2 N–H and O–H groups in total. The van der Waals surface area contributed by atoms with Gasteiger partial charge in [-0.3, -0.25) is 0 Å². The fraction of sp³-hybridized carbons (Fsp3) is 0.125. The van der Waals surface area contributed by atoms with Crippen LogP contribution in [0.15, 0.2) is 10.7 Å². The zero-order valence-corrected chi connectivity index (χ0v) is 9.59. The lowest BCUT2D eigenvalue weighted by Crippen LogP contribution is -1.98. The van der Waals surface area contributed by atoms with Crippen molar-refractivity contribution < 1.29 is 0 Å². The van der Waals surface area contributed by atoms with E-state index in [0.717, 1.165) is 15.4 Å². The summed E-state index contributed by atoms with van der Waals surface area (Å²) in [7, 11) is 0. The van der Waals surface area contributed by atoms with Crippen LogP contribution >= 0.6 is 27.5 Å². The van der Waals surface area contributed by atoms with Gasteiger partial charge in [0.05, 0.1) is 4.47 Å². The van der Waals surface area contributed by atoms with E-state index in [2.05, 4.69) is 30.9 Å². The highest BCUT2D eigenvalue weighted by atomic mass is 79.9. The number of rotatable bonds is 0. The van der Waals surface area contributed by atoms with Crippen molar-refractivity contribution in [3.05, 3.63) is 21.5 Å². The normalized spacial score (nSPS) is 10.8. The molecule has 0 saturated carbocycles. The number of aromatic nitrogens is 3. The maximum atomic E-state index is 5.68. The molecule has 2 aromatic heterocycles. The van der Waals surface area contributed by atoms with Crippen molar-refractivity contribution in [3.63, 3.8) is 0 Å². The van der Waals surface area contributed by atoms with Crippen LogP contribution in [0.1, 0.15) is 5.56 Å². The highest BCUT2D eigenvalue weighted by Gasteiger charge is 2.08. The van der Waals surface area contributed by atoms with Gasteiger partial charge in [-0.1, -0.05) is 0 Å². The van der Waals surface area contributed by atoms with Crippen LogP contribution in [0.3, 0.4) is 0 Å². The second-order valence-electron chi connectivity index (χ2n) is 2.81. The summed E-state index contributed by atoms with van der Waals surface area (Å²) in [6.45, 7) is 1.92. The number of hydrogen-bond donors (Lipinski definition) is 1. The SMILES string of the molecule is Cc1c(Br)c(N)nc2nc(Cl)ncc12. The summed E-state index contributed by atoms with van der Waals surface area (Å²) in [6, 6.07) is 0. The van der Waals surface area contributed by atoms with Gasteiger partial charge in [-0.05, 0) is 40.0 Å². The minimum Gasteiger partial charge on any atom is -0.383 e. The number of aryl methyl sites for hydroxylation is 1. The number of hydrogen-bond acceptors (Lipinski definition) is 4. The molecule has 0 amide bonds. The molecule has 2 aromatic rings. The number of fused-ring (bicyclic) bond motifs is 1. The van der Waals surface area contributed by atoms with E-state index in [1.807, 2.05) is 6.92 Å². The molecule has 0 radical (unpaired) electrons. The van der Waals surface area contributed by atoms with Gasteiger partial charge in [0.25, 0.3) is 0 Å². The van der Waals surface area contributed by atoms with Crippen LogP contribution in [0, 0.1) is 6.92 Å². The molecule has 0 bridgehead atoms. The summed E-state index contributed by atoms with van der Waals surface area (Å²) in [4.78, 5) is 12.0. The average Bonchev–Trinajstić information content (AvgIpc) is 2.14. The Bertz CT molecular complexity index is 514. The Balaban J connectivity index is 2.91. The summed E-state index contributed by atoms with van der Waals surface area (Å²) in [6.07, 6.45) is 1.64. The van der Waals surface area contributed by atoms with Crippen LogP contribution in [-0.4, -0.2) is 15.0 Å². The van der Waals surface area contributed by atoms with Crippen LogP contribution in [-0.2, 0) is 0 Å². The quantitative estimate of drug-likeness (QED) is 0.748. The topological polar surface area (TPSA) is 64.7 Å². The van der Waals surface area contributed by atoms with Gasteiger partial charge in [0.2, 0.25) is 5.28 Å². The van der Waals surface area contributed by atoms with Crippen molar-refractivity contribution in [3.8, 4) is 0 Å². The molecule has 0 unspecified atom stereocenters. The largest absolute Gasteiger partial charge is 0.383 e. The fourth-order valence-corrected chi connectivity index (χ4v) is 1.61. The van der Waals surface area contributed by atoms with Crippen molar-refractivity contribution in [2.75, 3.05) is 5.73 Å². The van der Waals surface area contributed by atoms with E-state index < -0.39 is 0 Å². The molecular formula is C8H6BrClN4. The Morgan fingerprint density at radius 1 is 1.43 bits per heavy atom. The molecule has 0 spiro atoms. The Kier molecular flexibility index (Phi) is 2.28. The second kappa shape index (κ2) is 3.33. The third-order valence-electron chi connectivity index (χ3n) is 1.92. The first-order valence-corrected chi connectivity index (χ1v) is 5.00. The molecule has 72 valence electrons. The Morgan fingerprint density at radius 3 is 2.86 bits per heavy atom. The maximum absolute atomic E-state index is 5.68. The molecule has 6 heteroatoms. The summed E-state index contributed by atoms with van der Waals surface area (Å²) in [5.41, 5.74) is 7.15. The number of nitrogens with zero attached hydrogens (tertiary/aromatic N) is 3. The molecule has 0 atom stereocenters. The lowest BCUT2D eigenvalue weighted by Gasteiger charge is -2.05. The van der Waals surface area contributed by atoms with Crippen LogP contribution in [0.2, 0.25) is 5.28 Å². The van der Waals surface area contributed by atoms with Crippen molar-refractivity contribution in [2.24, 2.45) is 0 Å². The van der Waals surface area contributed by atoms with E-state index in [1.54, 1.807) is 6.20 Å². The zero-order valence-electron chi connectivity index (χ0n) is 7.25. The second-order valence-corrected chi connectivity index (χ2v) is 3.94. The first-order chi connectivity index (χ1) is 6.59. The van der Waals surface area contributed by atoms with Crippen LogP contribution in [0.25, 0.3) is 11.0 Å². The van der Waals surface area contributed by atoms with Crippen molar-refractivity contribution >= 4 is 44.4 Å². The zero-order chi connectivity index (χ0) is 10.3. The third kappa shape index (κ3) is 1.42. The molecule has 2 rings (SSSR count). The van der Waals surface area contributed by atoms with Crippen molar-refractivity contribution in [1.29, 1.82) is 0 Å².